The fourth-order valence-electron chi connectivity index (χ4n) is 0.542. The van der Waals surface area contributed by atoms with Crippen LogP contribution in [0.25, 0.3) is 0 Å². The van der Waals surface area contributed by atoms with E-state index < -0.39 is 5.41 Å². The van der Waals surface area contributed by atoms with Crippen molar-refractivity contribution in [2.45, 2.75) is 19.8 Å². The highest BCUT2D eigenvalue weighted by atomic mass is 14.3. The summed E-state index contributed by atoms with van der Waals surface area (Å²) in [4.78, 5) is 0. The third-order valence-electron chi connectivity index (χ3n) is 1.37. The number of nitriles is 2. The summed E-state index contributed by atoms with van der Waals surface area (Å²) in [7, 11) is 0. The zero-order chi connectivity index (χ0) is 8.04. The predicted octanol–water partition coefficient (Wildman–Crippen LogP) is 1.81. The van der Waals surface area contributed by atoms with Gasteiger partial charge in [-0.15, -0.1) is 0 Å². The smallest absolute Gasteiger partial charge is 0.0631 e. The average molecular weight is 133 g/mol. The molecule has 0 aliphatic carbocycles. The van der Waals surface area contributed by atoms with E-state index >= 15 is 0 Å². The fraction of sp³-hybridized carbons (Fsp3) is 0.500. The minimum absolute atomic E-state index is 0.303. The molecule has 0 amide bonds. The van der Waals surface area contributed by atoms with Crippen LogP contribution in [0, 0.1) is 34.7 Å². The molecule has 0 rings (SSSR count). The summed E-state index contributed by atoms with van der Waals surface area (Å²) in [6, 6.07) is 3.96. The van der Waals surface area contributed by atoms with Crippen molar-refractivity contribution in [3.8, 4) is 12.1 Å². The van der Waals surface area contributed by atoms with E-state index in [0.29, 0.717) is 12.8 Å². The molecule has 10 heavy (non-hydrogen) atoms. The van der Waals surface area contributed by atoms with Gasteiger partial charge in [-0.25, -0.2) is 0 Å². The van der Waals surface area contributed by atoms with Crippen LogP contribution in [0.4, 0.5) is 0 Å². The monoisotopic (exact) mass is 133 g/mol. The maximum atomic E-state index is 8.32. The SMILES string of the molecule is [CH]=CC(C)(CC#N)CC#N. The second-order valence-corrected chi connectivity index (χ2v) is 2.49. The Balaban J connectivity index is 4.14. The lowest BCUT2D eigenvalue weighted by atomic mass is 9.85. The third kappa shape index (κ3) is 2.33. The second-order valence-electron chi connectivity index (χ2n) is 2.49. The van der Waals surface area contributed by atoms with Gasteiger partial charge < -0.3 is 0 Å². The van der Waals surface area contributed by atoms with Gasteiger partial charge in [0, 0.05) is 18.3 Å². The Morgan fingerprint density at radius 1 is 1.40 bits per heavy atom. The highest BCUT2D eigenvalue weighted by Crippen LogP contribution is 2.25. The van der Waals surface area contributed by atoms with E-state index in [1.807, 2.05) is 12.1 Å². The molecular weight excluding hydrogens is 124 g/mol. The quantitative estimate of drug-likeness (QED) is 0.589. The van der Waals surface area contributed by atoms with Crippen LogP contribution in [0.15, 0.2) is 6.08 Å². The first-order chi connectivity index (χ1) is 4.68. The number of nitrogens with zero attached hydrogens (tertiary/aromatic N) is 2. The summed E-state index contributed by atoms with van der Waals surface area (Å²) in [6.07, 6.45) is 2.02. The van der Waals surface area contributed by atoms with Crippen molar-refractivity contribution < 1.29 is 0 Å². The summed E-state index contributed by atoms with van der Waals surface area (Å²) in [5.74, 6) is 0. The summed E-state index contributed by atoms with van der Waals surface area (Å²) in [5, 5.41) is 16.6. The van der Waals surface area contributed by atoms with Crippen LogP contribution >= 0.6 is 0 Å². The molecule has 0 aromatic carbocycles. The molecule has 0 aliphatic rings. The Labute approximate surface area is 61.4 Å². The molecule has 0 aromatic heterocycles. The molecule has 0 unspecified atom stereocenters. The van der Waals surface area contributed by atoms with Gasteiger partial charge in [0.05, 0.1) is 12.1 Å². The lowest BCUT2D eigenvalue weighted by Crippen LogP contribution is -2.10. The minimum atomic E-state index is -0.427. The number of hydrogen-bond acceptors (Lipinski definition) is 2. The van der Waals surface area contributed by atoms with E-state index in [2.05, 4.69) is 0 Å². The molecular formula is C8H9N2. The Hall–Kier alpha value is -1.28. The summed E-state index contributed by atoms with van der Waals surface area (Å²) < 4.78 is 0. The summed E-state index contributed by atoms with van der Waals surface area (Å²) in [5.41, 5.74) is -0.427. The van der Waals surface area contributed by atoms with Gasteiger partial charge in [-0.3, -0.25) is 0 Å². The Morgan fingerprint density at radius 3 is 2.00 bits per heavy atom. The van der Waals surface area contributed by atoms with E-state index in [4.69, 9.17) is 17.1 Å². The first-order valence-corrected chi connectivity index (χ1v) is 2.98. The molecule has 0 fully saturated rings. The lowest BCUT2D eigenvalue weighted by Gasteiger charge is -2.16. The molecule has 2 heteroatoms. The zero-order valence-electron chi connectivity index (χ0n) is 5.96. The number of hydrogen-bond donors (Lipinski definition) is 0. The van der Waals surface area contributed by atoms with E-state index in [0.717, 1.165) is 0 Å². The van der Waals surface area contributed by atoms with Crippen LogP contribution < -0.4 is 0 Å². The van der Waals surface area contributed by atoms with Crippen molar-refractivity contribution in [2.75, 3.05) is 0 Å². The second kappa shape index (κ2) is 3.69. The molecule has 0 bridgehead atoms. The highest BCUT2D eigenvalue weighted by Gasteiger charge is 2.18. The van der Waals surface area contributed by atoms with E-state index in [9.17, 15) is 0 Å². The number of rotatable bonds is 3. The van der Waals surface area contributed by atoms with Crippen molar-refractivity contribution in [3.05, 3.63) is 12.7 Å². The van der Waals surface area contributed by atoms with Crippen LogP contribution in [-0.2, 0) is 0 Å². The van der Waals surface area contributed by atoms with Crippen molar-refractivity contribution in [2.24, 2.45) is 5.41 Å². The molecule has 1 radical (unpaired) electrons. The van der Waals surface area contributed by atoms with Gasteiger partial charge in [0.25, 0.3) is 0 Å². The molecule has 0 saturated carbocycles. The zero-order valence-corrected chi connectivity index (χ0v) is 5.96. The molecule has 51 valence electrons. The molecule has 0 aromatic rings. The minimum Gasteiger partial charge on any atom is -0.198 e. The predicted molar refractivity (Wildman–Crippen MR) is 37.4 cm³/mol. The van der Waals surface area contributed by atoms with Crippen LogP contribution in [0.2, 0.25) is 0 Å². The molecule has 0 atom stereocenters. The Bertz CT molecular complexity index is 176. The van der Waals surface area contributed by atoms with Crippen molar-refractivity contribution in [1.29, 1.82) is 10.5 Å². The molecule has 0 saturated heterocycles. The van der Waals surface area contributed by atoms with Gasteiger partial charge in [0.1, 0.15) is 0 Å². The van der Waals surface area contributed by atoms with Gasteiger partial charge in [0.2, 0.25) is 0 Å². The molecule has 0 aliphatic heterocycles. The molecule has 0 heterocycles. The van der Waals surface area contributed by atoms with Crippen LogP contribution in [-0.4, -0.2) is 0 Å². The van der Waals surface area contributed by atoms with Crippen molar-refractivity contribution in [1.82, 2.24) is 0 Å². The largest absolute Gasteiger partial charge is 0.198 e. The fourth-order valence-corrected chi connectivity index (χ4v) is 0.542. The first kappa shape index (κ1) is 8.72. The summed E-state index contributed by atoms with van der Waals surface area (Å²) in [6.45, 7) is 7.04. The molecule has 0 N–H and O–H groups in total. The van der Waals surface area contributed by atoms with Crippen LogP contribution in [0.3, 0.4) is 0 Å². The van der Waals surface area contributed by atoms with Gasteiger partial charge in [0.15, 0.2) is 0 Å². The van der Waals surface area contributed by atoms with E-state index in [1.54, 1.807) is 6.92 Å². The summed E-state index contributed by atoms with van der Waals surface area (Å²) >= 11 is 0. The molecule has 2 nitrogen and oxygen atoms in total. The van der Waals surface area contributed by atoms with Gasteiger partial charge >= 0.3 is 0 Å². The van der Waals surface area contributed by atoms with E-state index in [-0.39, 0.29) is 0 Å². The van der Waals surface area contributed by atoms with Crippen molar-refractivity contribution in [3.63, 3.8) is 0 Å². The number of allylic oxidation sites excluding steroid dienone is 1. The highest BCUT2D eigenvalue weighted by molar-refractivity contribution is 5.00. The van der Waals surface area contributed by atoms with Gasteiger partial charge in [-0.05, 0) is 0 Å². The van der Waals surface area contributed by atoms with Crippen molar-refractivity contribution >= 4 is 0 Å². The third-order valence-corrected chi connectivity index (χ3v) is 1.37. The Kier molecular flexibility index (Phi) is 3.22. The standard InChI is InChI=1S/C8H9N2/c1-3-8(2,4-6-9)5-7-10/h1,3H,4-5H2,2H3. The maximum Gasteiger partial charge on any atom is 0.0631 e. The van der Waals surface area contributed by atoms with Gasteiger partial charge in [-0.1, -0.05) is 19.6 Å². The van der Waals surface area contributed by atoms with Crippen LogP contribution in [0.5, 0.6) is 0 Å². The average Bonchev–Trinajstić information content (AvgIpc) is 1.89. The Morgan fingerprint density at radius 2 is 1.80 bits per heavy atom. The van der Waals surface area contributed by atoms with Crippen LogP contribution in [0.1, 0.15) is 19.8 Å². The van der Waals surface area contributed by atoms with E-state index in [1.165, 1.54) is 6.08 Å². The normalized spacial score (nSPS) is 9.50. The topological polar surface area (TPSA) is 47.6 Å². The first-order valence-electron chi connectivity index (χ1n) is 2.98. The molecule has 0 spiro atoms. The lowest BCUT2D eigenvalue weighted by molar-refractivity contribution is 0.451. The van der Waals surface area contributed by atoms with Gasteiger partial charge in [-0.2, -0.15) is 10.5 Å². The maximum absolute atomic E-state index is 8.32.